The number of hydrogen-bond donors (Lipinski definition) is 2. The third-order valence-electron chi connectivity index (χ3n) is 3.69. The van der Waals surface area contributed by atoms with Gasteiger partial charge in [-0.1, -0.05) is 42.3 Å². The van der Waals surface area contributed by atoms with Crippen molar-refractivity contribution in [3.05, 3.63) is 50.8 Å². The third kappa shape index (κ3) is 3.40. The molecule has 0 saturated carbocycles. The molecule has 6 heteroatoms. The van der Waals surface area contributed by atoms with E-state index in [9.17, 15) is 0 Å². The summed E-state index contributed by atoms with van der Waals surface area (Å²) in [6.07, 6.45) is 1.48. The second-order valence-electron chi connectivity index (χ2n) is 5.12. The Morgan fingerprint density at radius 1 is 1.38 bits per heavy atom. The minimum atomic E-state index is -0.0430. The topological polar surface area (TPSA) is 55.9 Å². The number of nitrogens with zero attached hydrogens (tertiary/aromatic N) is 2. The van der Waals surface area contributed by atoms with Crippen LogP contribution < -0.4 is 11.3 Å². The summed E-state index contributed by atoms with van der Waals surface area (Å²) in [4.78, 5) is 0. The minimum absolute atomic E-state index is 0.0430. The fraction of sp³-hybridized carbons (Fsp3) is 0.400. The zero-order valence-electron chi connectivity index (χ0n) is 12.5. The lowest BCUT2D eigenvalue weighted by Gasteiger charge is -2.17. The highest BCUT2D eigenvalue weighted by molar-refractivity contribution is 6.32. The summed E-state index contributed by atoms with van der Waals surface area (Å²) in [5, 5.41) is 5.92. The Morgan fingerprint density at radius 3 is 2.62 bits per heavy atom. The fourth-order valence-electron chi connectivity index (χ4n) is 2.39. The summed E-state index contributed by atoms with van der Waals surface area (Å²) in [6.45, 7) is 4.02. The minimum Gasteiger partial charge on any atom is -0.271 e. The van der Waals surface area contributed by atoms with E-state index in [-0.39, 0.29) is 6.04 Å². The highest BCUT2D eigenvalue weighted by atomic mass is 35.5. The molecule has 114 valence electrons. The zero-order chi connectivity index (χ0) is 15.6. The largest absolute Gasteiger partial charge is 0.271 e. The number of halogens is 2. The van der Waals surface area contributed by atoms with Crippen molar-refractivity contribution in [1.82, 2.24) is 15.2 Å². The van der Waals surface area contributed by atoms with Crippen molar-refractivity contribution >= 4 is 23.2 Å². The maximum absolute atomic E-state index is 6.40. The second-order valence-corrected chi connectivity index (χ2v) is 5.90. The number of aryl methyl sites for hydroxylation is 3. The average Bonchev–Trinajstić information content (AvgIpc) is 2.74. The molecule has 1 aromatic heterocycles. The first-order valence-corrected chi connectivity index (χ1v) is 7.65. The number of benzene rings is 1. The van der Waals surface area contributed by atoms with Crippen molar-refractivity contribution in [3.8, 4) is 0 Å². The molecule has 2 rings (SSSR count). The van der Waals surface area contributed by atoms with Crippen LogP contribution in [0.2, 0.25) is 10.0 Å². The van der Waals surface area contributed by atoms with Gasteiger partial charge in [-0.25, -0.2) is 0 Å². The number of hydrogen-bond acceptors (Lipinski definition) is 3. The average molecular weight is 327 g/mol. The number of nitrogens with one attached hydrogen (secondary N) is 1. The predicted octanol–water partition coefficient (Wildman–Crippen LogP) is 3.34. The van der Waals surface area contributed by atoms with Crippen molar-refractivity contribution in [3.63, 3.8) is 0 Å². The molecule has 1 unspecified atom stereocenters. The lowest BCUT2D eigenvalue weighted by atomic mass is 10.0. The van der Waals surface area contributed by atoms with E-state index in [0.717, 1.165) is 39.0 Å². The van der Waals surface area contributed by atoms with Crippen molar-refractivity contribution in [2.45, 2.75) is 32.7 Å². The van der Waals surface area contributed by atoms with Crippen LogP contribution in [-0.4, -0.2) is 9.78 Å². The van der Waals surface area contributed by atoms with Gasteiger partial charge in [-0.05, 0) is 30.5 Å². The fourth-order valence-corrected chi connectivity index (χ4v) is 2.88. The van der Waals surface area contributed by atoms with Gasteiger partial charge in [-0.15, -0.1) is 0 Å². The lowest BCUT2D eigenvalue weighted by molar-refractivity contribution is 0.529. The van der Waals surface area contributed by atoms with Gasteiger partial charge in [0.2, 0.25) is 0 Å². The van der Waals surface area contributed by atoms with Gasteiger partial charge in [-0.2, -0.15) is 5.10 Å². The van der Waals surface area contributed by atoms with Gasteiger partial charge in [0.15, 0.2) is 0 Å². The quantitative estimate of drug-likeness (QED) is 0.654. The molecule has 3 N–H and O–H groups in total. The Kier molecular flexibility index (Phi) is 5.27. The normalized spacial score (nSPS) is 12.7. The summed E-state index contributed by atoms with van der Waals surface area (Å²) in [6, 6.07) is 5.86. The van der Waals surface area contributed by atoms with Gasteiger partial charge < -0.3 is 0 Å². The Morgan fingerprint density at radius 2 is 2.10 bits per heavy atom. The van der Waals surface area contributed by atoms with E-state index in [1.807, 2.05) is 43.8 Å². The molecule has 0 aliphatic rings. The van der Waals surface area contributed by atoms with E-state index in [0.29, 0.717) is 6.42 Å². The molecular weight excluding hydrogens is 307 g/mol. The van der Waals surface area contributed by atoms with Gasteiger partial charge in [-0.3, -0.25) is 16.0 Å². The van der Waals surface area contributed by atoms with Gasteiger partial charge in [0.05, 0.1) is 22.5 Å². The Labute approximate surface area is 135 Å². The molecule has 0 saturated heterocycles. The molecule has 1 aromatic carbocycles. The van der Waals surface area contributed by atoms with Crippen LogP contribution in [0.4, 0.5) is 0 Å². The summed E-state index contributed by atoms with van der Waals surface area (Å²) < 4.78 is 1.83. The van der Waals surface area contributed by atoms with Crippen molar-refractivity contribution in [1.29, 1.82) is 0 Å². The van der Waals surface area contributed by atoms with E-state index in [1.165, 1.54) is 0 Å². The van der Waals surface area contributed by atoms with Gasteiger partial charge >= 0.3 is 0 Å². The smallest absolute Gasteiger partial charge is 0.0850 e. The van der Waals surface area contributed by atoms with Crippen LogP contribution in [0.5, 0.6) is 0 Å². The first kappa shape index (κ1) is 16.3. The van der Waals surface area contributed by atoms with Crippen LogP contribution in [0.25, 0.3) is 0 Å². The molecule has 1 heterocycles. The standard InChI is InChI=1S/C15H20Cl2N4/c1-4-12-15(17)14(21(3)20-12)8-13(19-18)10-5-6-11(16)9(2)7-10/h5-7,13,19H,4,8,18H2,1-3H3. The summed E-state index contributed by atoms with van der Waals surface area (Å²) in [5.41, 5.74) is 6.85. The van der Waals surface area contributed by atoms with E-state index < -0.39 is 0 Å². The molecule has 0 spiro atoms. The summed E-state index contributed by atoms with van der Waals surface area (Å²) in [5.74, 6) is 5.72. The Bertz CT molecular complexity index is 637. The molecular formula is C15H20Cl2N4. The third-order valence-corrected chi connectivity index (χ3v) is 4.55. The molecule has 4 nitrogen and oxygen atoms in total. The highest BCUT2D eigenvalue weighted by Gasteiger charge is 2.19. The molecule has 0 fully saturated rings. The summed E-state index contributed by atoms with van der Waals surface area (Å²) in [7, 11) is 1.90. The van der Waals surface area contributed by atoms with Crippen LogP contribution in [0, 0.1) is 6.92 Å². The van der Waals surface area contributed by atoms with Crippen LogP contribution >= 0.6 is 23.2 Å². The SMILES string of the molecule is CCc1nn(C)c(CC(NN)c2ccc(Cl)c(C)c2)c1Cl. The molecule has 21 heavy (non-hydrogen) atoms. The zero-order valence-corrected chi connectivity index (χ0v) is 14.0. The maximum atomic E-state index is 6.40. The van der Waals surface area contributed by atoms with Crippen molar-refractivity contribution in [2.24, 2.45) is 12.9 Å². The van der Waals surface area contributed by atoms with E-state index in [2.05, 4.69) is 10.5 Å². The second kappa shape index (κ2) is 6.79. The first-order valence-electron chi connectivity index (χ1n) is 6.90. The van der Waals surface area contributed by atoms with Gasteiger partial charge in [0.1, 0.15) is 0 Å². The first-order chi connectivity index (χ1) is 9.97. The van der Waals surface area contributed by atoms with Crippen molar-refractivity contribution < 1.29 is 0 Å². The molecule has 0 radical (unpaired) electrons. The van der Waals surface area contributed by atoms with Crippen molar-refractivity contribution in [2.75, 3.05) is 0 Å². The monoisotopic (exact) mass is 326 g/mol. The summed E-state index contributed by atoms with van der Waals surface area (Å²) >= 11 is 12.5. The van der Waals surface area contributed by atoms with Gasteiger partial charge in [0, 0.05) is 18.5 Å². The van der Waals surface area contributed by atoms with Crippen LogP contribution in [0.3, 0.4) is 0 Å². The van der Waals surface area contributed by atoms with E-state index in [4.69, 9.17) is 29.0 Å². The number of nitrogens with two attached hydrogens (primary N) is 1. The number of hydrazine groups is 1. The molecule has 0 amide bonds. The lowest BCUT2D eigenvalue weighted by Crippen LogP contribution is -2.30. The van der Waals surface area contributed by atoms with Crippen LogP contribution in [0.15, 0.2) is 18.2 Å². The molecule has 0 bridgehead atoms. The Hall–Kier alpha value is -1.07. The van der Waals surface area contributed by atoms with Gasteiger partial charge in [0.25, 0.3) is 0 Å². The molecule has 0 aliphatic heterocycles. The van der Waals surface area contributed by atoms with Crippen LogP contribution in [0.1, 0.15) is 35.5 Å². The molecule has 0 aliphatic carbocycles. The van der Waals surface area contributed by atoms with E-state index >= 15 is 0 Å². The number of rotatable bonds is 5. The molecule has 2 aromatic rings. The highest BCUT2D eigenvalue weighted by Crippen LogP contribution is 2.27. The van der Waals surface area contributed by atoms with Crippen LogP contribution in [-0.2, 0) is 19.9 Å². The predicted molar refractivity (Wildman–Crippen MR) is 87.6 cm³/mol. The number of aromatic nitrogens is 2. The Balaban J connectivity index is 2.31. The molecule has 1 atom stereocenters. The maximum Gasteiger partial charge on any atom is 0.0850 e. The van der Waals surface area contributed by atoms with E-state index in [1.54, 1.807) is 0 Å².